The van der Waals surface area contributed by atoms with E-state index in [0.29, 0.717) is 12.2 Å². The Morgan fingerprint density at radius 1 is 0.923 bits per heavy atom. The number of hydrogen-bond acceptors (Lipinski definition) is 2. The standard InChI is InChI=1S/C23H19NO2/c1-2-26-18-12-13-20-21(23(25)24-22(20)15-18)14-17-10-6-7-11-19(17)16-8-4-3-5-9-16/h3-15H,2H2,1H3,(H,24,25)/b21-14+. The molecular formula is C23H19NO2. The van der Waals surface area contributed by atoms with E-state index in [1.165, 1.54) is 0 Å². The van der Waals surface area contributed by atoms with E-state index in [9.17, 15) is 4.79 Å². The molecule has 0 fully saturated rings. The lowest BCUT2D eigenvalue weighted by molar-refractivity contribution is -0.110. The van der Waals surface area contributed by atoms with Gasteiger partial charge in [0.2, 0.25) is 0 Å². The third kappa shape index (κ3) is 3.00. The van der Waals surface area contributed by atoms with Crippen molar-refractivity contribution in [2.45, 2.75) is 6.92 Å². The predicted octanol–water partition coefficient (Wildman–Crippen LogP) is 5.25. The van der Waals surface area contributed by atoms with Gasteiger partial charge in [0.25, 0.3) is 5.91 Å². The van der Waals surface area contributed by atoms with Crippen LogP contribution in [-0.4, -0.2) is 12.5 Å². The van der Waals surface area contributed by atoms with Crippen LogP contribution in [0, 0.1) is 0 Å². The minimum atomic E-state index is -0.0866. The molecule has 1 N–H and O–H groups in total. The van der Waals surface area contributed by atoms with Gasteiger partial charge in [0.15, 0.2) is 0 Å². The summed E-state index contributed by atoms with van der Waals surface area (Å²) in [5, 5.41) is 2.94. The van der Waals surface area contributed by atoms with Crippen LogP contribution >= 0.6 is 0 Å². The smallest absolute Gasteiger partial charge is 0.256 e. The minimum absolute atomic E-state index is 0.0866. The normalized spacial score (nSPS) is 14.2. The number of carbonyl (C=O) groups excluding carboxylic acids is 1. The zero-order valence-electron chi connectivity index (χ0n) is 14.5. The van der Waals surface area contributed by atoms with E-state index in [2.05, 4.69) is 23.5 Å². The summed E-state index contributed by atoms with van der Waals surface area (Å²) in [5.41, 5.74) is 5.63. The van der Waals surface area contributed by atoms with Gasteiger partial charge in [-0.3, -0.25) is 4.79 Å². The Balaban J connectivity index is 1.78. The van der Waals surface area contributed by atoms with Crippen LogP contribution in [0.15, 0.2) is 72.8 Å². The van der Waals surface area contributed by atoms with E-state index in [1.54, 1.807) is 0 Å². The molecule has 0 saturated heterocycles. The molecule has 0 spiro atoms. The van der Waals surface area contributed by atoms with Crippen LogP contribution in [0.3, 0.4) is 0 Å². The summed E-state index contributed by atoms with van der Waals surface area (Å²) in [4.78, 5) is 12.5. The Bertz CT molecular complexity index is 990. The molecule has 26 heavy (non-hydrogen) atoms. The van der Waals surface area contributed by atoms with Crippen molar-refractivity contribution in [1.82, 2.24) is 0 Å². The number of amides is 1. The average Bonchev–Trinajstić information content (AvgIpc) is 2.98. The molecular weight excluding hydrogens is 322 g/mol. The summed E-state index contributed by atoms with van der Waals surface area (Å²) in [6.07, 6.45) is 1.96. The third-order valence-corrected chi connectivity index (χ3v) is 4.43. The lowest BCUT2D eigenvalue weighted by Gasteiger charge is -2.07. The van der Waals surface area contributed by atoms with Crippen LogP contribution in [0.1, 0.15) is 18.1 Å². The van der Waals surface area contributed by atoms with Crippen LogP contribution in [0.5, 0.6) is 5.75 Å². The summed E-state index contributed by atoms with van der Waals surface area (Å²) >= 11 is 0. The van der Waals surface area contributed by atoms with E-state index in [0.717, 1.165) is 33.7 Å². The van der Waals surface area contributed by atoms with Crippen molar-refractivity contribution in [2.75, 3.05) is 11.9 Å². The van der Waals surface area contributed by atoms with Crippen molar-refractivity contribution in [2.24, 2.45) is 0 Å². The highest BCUT2D eigenvalue weighted by Gasteiger charge is 2.24. The molecule has 0 bridgehead atoms. The first-order chi connectivity index (χ1) is 12.8. The molecule has 0 unspecified atom stereocenters. The quantitative estimate of drug-likeness (QED) is 0.659. The molecule has 0 aromatic heterocycles. The molecule has 128 valence electrons. The van der Waals surface area contributed by atoms with Gasteiger partial charge in [-0.2, -0.15) is 0 Å². The number of ether oxygens (including phenoxy) is 1. The molecule has 0 saturated carbocycles. The van der Waals surface area contributed by atoms with E-state index >= 15 is 0 Å². The summed E-state index contributed by atoms with van der Waals surface area (Å²) < 4.78 is 5.53. The van der Waals surface area contributed by atoms with Crippen LogP contribution in [0.4, 0.5) is 5.69 Å². The lowest BCUT2D eigenvalue weighted by Crippen LogP contribution is -2.03. The second-order valence-electron chi connectivity index (χ2n) is 6.11. The fourth-order valence-electron chi connectivity index (χ4n) is 3.23. The first-order valence-electron chi connectivity index (χ1n) is 8.71. The minimum Gasteiger partial charge on any atom is -0.494 e. The number of rotatable bonds is 4. The van der Waals surface area contributed by atoms with Gasteiger partial charge in [-0.25, -0.2) is 0 Å². The van der Waals surface area contributed by atoms with Crippen molar-refractivity contribution < 1.29 is 9.53 Å². The first kappa shape index (κ1) is 16.2. The Kier molecular flexibility index (Phi) is 4.28. The van der Waals surface area contributed by atoms with E-state index in [4.69, 9.17) is 4.74 Å². The number of carbonyl (C=O) groups is 1. The Morgan fingerprint density at radius 2 is 1.69 bits per heavy atom. The number of hydrogen-bond donors (Lipinski definition) is 1. The zero-order chi connectivity index (χ0) is 17.9. The molecule has 3 nitrogen and oxygen atoms in total. The van der Waals surface area contributed by atoms with Gasteiger partial charge < -0.3 is 10.1 Å². The van der Waals surface area contributed by atoms with Gasteiger partial charge in [-0.1, -0.05) is 54.6 Å². The molecule has 0 atom stereocenters. The molecule has 1 aliphatic heterocycles. The lowest BCUT2D eigenvalue weighted by atomic mass is 9.96. The molecule has 1 aliphatic rings. The number of anilines is 1. The maximum atomic E-state index is 12.5. The molecule has 3 aromatic carbocycles. The van der Waals surface area contributed by atoms with Gasteiger partial charge in [0.1, 0.15) is 5.75 Å². The first-order valence-corrected chi connectivity index (χ1v) is 8.71. The van der Waals surface area contributed by atoms with Crippen molar-refractivity contribution in [3.8, 4) is 16.9 Å². The highest BCUT2D eigenvalue weighted by atomic mass is 16.5. The number of nitrogens with one attached hydrogen (secondary N) is 1. The highest BCUT2D eigenvalue weighted by molar-refractivity contribution is 6.35. The third-order valence-electron chi connectivity index (χ3n) is 4.43. The Morgan fingerprint density at radius 3 is 2.50 bits per heavy atom. The SMILES string of the molecule is CCOc1ccc2c(c1)NC(=O)/C2=C/c1ccccc1-c1ccccc1. The fourth-order valence-corrected chi connectivity index (χ4v) is 3.23. The van der Waals surface area contributed by atoms with Gasteiger partial charge in [0.05, 0.1) is 12.3 Å². The second-order valence-corrected chi connectivity index (χ2v) is 6.11. The fraction of sp³-hybridized carbons (Fsp3) is 0.0870. The molecule has 3 aromatic rings. The largest absolute Gasteiger partial charge is 0.494 e. The molecule has 3 heteroatoms. The second kappa shape index (κ2) is 6.89. The summed E-state index contributed by atoms with van der Waals surface area (Å²) in [6, 6.07) is 24.0. The number of fused-ring (bicyclic) bond motifs is 1. The van der Waals surface area contributed by atoms with Gasteiger partial charge in [0, 0.05) is 17.2 Å². The van der Waals surface area contributed by atoms with E-state index in [-0.39, 0.29) is 5.91 Å². The maximum Gasteiger partial charge on any atom is 0.256 e. The highest BCUT2D eigenvalue weighted by Crippen LogP contribution is 2.37. The average molecular weight is 341 g/mol. The topological polar surface area (TPSA) is 38.3 Å². The maximum absolute atomic E-state index is 12.5. The van der Waals surface area contributed by atoms with Gasteiger partial charge >= 0.3 is 0 Å². The van der Waals surface area contributed by atoms with Crippen LogP contribution in [0.25, 0.3) is 22.8 Å². The molecule has 4 rings (SSSR count). The summed E-state index contributed by atoms with van der Waals surface area (Å²) in [7, 11) is 0. The van der Waals surface area contributed by atoms with Crippen LogP contribution < -0.4 is 10.1 Å². The van der Waals surface area contributed by atoms with E-state index < -0.39 is 0 Å². The molecule has 1 heterocycles. The van der Waals surface area contributed by atoms with E-state index in [1.807, 2.05) is 67.6 Å². The molecule has 0 radical (unpaired) electrons. The van der Waals surface area contributed by atoms with Crippen LogP contribution in [-0.2, 0) is 4.79 Å². The van der Waals surface area contributed by atoms with Crippen molar-refractivity contribution in [1.29, 1.82) is 0 Å². The number of benzene rings is 3. The predicted molar refractivity (Wildman–Crippen MR) is 106 cm³/mol. The van der Waals surface area contributed by atoms with Gasteiger partial charge in [-0.05, 0) is 41.8 Å². The Labute approximate surface area is 152 Å². The van der Waals surface area contributed by atoms with Crippen molar-refractivity contribution in [3.05, 3.63) is 83.9 Å². The monoisotopic (exact) mass is 341 g/mol. The van der Waals surface area contributed by atoms with Crippen molar-refractivity contribution >= 4 is 23.2 Å². The van der Waals surface area contributed by atoms with Crippen LogP contribution in [0.2, 0.25) is 0 Å². The molecule has 1 amide bonds. The summed E-state index contributed by atoms with van der Waals surface area (Å²) in [5.74, 6) is 0.675. The summed E-state index contributed by atoms with van der Waals surface area (Å²) in [6.45, 7) is 2.54. The van der Waals surface area contributed by atoms with Gasteiger partial charge in [-0.15, -0.1) is 0 Å². The zero-order valence-corrected chi connectivity index (χ0v) is 14.5. The molecule has 0 aliphatic carbocycles. The Hall–Kier alpha value is -3.33. The van der Waals surface area contributed by atoms with Crippen molar-refractivity contribution in [3.63, 3.8) is 0 Å².